The number of H-pyrrole nitrogens is 2. The van der Waals surface area contributed by atoms with Crippen molar-refractivity contribution in [3.8, 4) is 0 Å². The molecule has 0 saturated heterocycles. The summed E-state index contributed by atoms with van der Waals surface area (Å²) in [5, 5.41) is 1.87. The van der Waals surface area contributed by atoms with E-state index in [1.807, 2.05) is 75.0 Å². The summed E-state index contributed by atoms with van der Waals surface area (Å²) in [6, 6.07) is 15.7. The number of para-hydroxylation sites is 2. The van der Waals surface area contributed by atoms with E-state index in [4.69, 9.17) is 0 Å². The number of fused-ring (bicyclic) bond motifs is 2. The van der Waals surface area contributed by atoms with E-state index in [1.54, 1.807) is 0 Å². The maximum Gasteiger partial charge on any atom is 0.262 e. The van der Waals surface area contributed by atoms with E-state index < -0.39 is 0 Å². The third-order valence-corrected chi connectivity index (χ3v) is 5.87. The van der Waals surface area contributed by atoms with Crippen LogP contribution in [0.3, 0.4) is 0 Å². The Hall–Kier alpha value is -3.64. The fourth-order valence-corrected chi connectivity index (χ4v) is 4.38. The van der Waals surface area contributed by atoms with Crippen molar-refractivity contribution in [2.45, 2.75) is 6.42 Å². The summed E-state index contributed by atoms with van der Waals surface area (Å²) < 4.78 is 0. The zero-order chi connectivity index (χ0) is 21.5. The number of hydrogen-bond donors (Lipinski definition) is 2. The van der Waals surface area contributed by atoms with Crippen LogP contribution in [0, 0.1) is 0 Å². The Morgan fingerprint density at radius 2 is 1.26 bits per heavy atom. The fraction of sp³-hybridized carbons (Fsp3) is 0.200. The van der Waals surface area contributed by atoms with E-state index in [0.717, 1.165) is 45.9 Å². The third-order valence-electron chi connectivity index (χ3n) is 5.87. The number of nitrogens with zero attached hydrogens (tertiary/aromatic N) is 2. The highest BCUT2D eigenvalue weighted by Crippen LogP contribution is 2.40. The second kappa shape index (κ2) is 7.56. The second-order valence-corrected chi connectivity index (χ2v) is 8.16. The van der Waals surface area contributed by atoms with Crippen LogP contribution in [0.1, 0.15) is 17.5 Å². The Morgan fingerprint density at radius 3 is 1.74 bits per heavy atom. The number of nitrogens with one attached hydrogen (secondary N) is 2. The van der Waals surface area contributed by atoms with Crippen LogP contribution in [0.5, 0.6) is 0 Å². The van der Waals surface area contributed by atoms with E-state index >= 15 is 0 Å². The minimum absolute atomic E-state index is 0.228. The summed E-state index contributed by atoms with van der Waals surface area (Å²) in [7, 11) is 3.97. The molecule has 6 heteroatoms. The molecule has 0 aliphatic carbocycles. The Morgan fingerprint density at radius 1 is 0.774 bits per heavy atom. The van der Waals surface area contributed by atoms with E-state index in [-0.39, 0.29) is 11.8 Å². The fourth-order valence-electron chi connectivity index (χ4n) is 4.38. The zero-order valence-corrected chi connectivity index (χ0v) is 17.6. The van der Waals surface area contributed by atoms with Gasteiger partial charge in [0.25, 0.3) is 11.8 Å². The Labute approximate surface area is 180 Å². The lowest BCUT2D eigenvalue weighted by Gasteiger charge is -2.17. The number of benzene rings is 2. The highest BCUT2D eigenvalue weighted by Gasteiger charge is 2.40. The van der Waals surface area contributed by atoms with Crippen molar-refractivity contribution in [2.24, 2.45) is 0 Å². The molecule has 0 saturated carbocycles. The van der Waals surface area contributed by atoms with Gasteiger partial charge in [0.15, 0.2) is 0 Å². The van der Waals surface area contributed by atoms with Gasteiger partial charge in [0.05, 0.1) is 11.1 Å². The lowest BCUT2D eigenvalue weighted by molar-refractivity contribution is -0.136. The van der Waals surface area contributed by atoms with Gasteiger partial charge < -0.3 is 14.9 Å². The maximum absolute atomic E-state index is 13.6. The lowest BCUT2D eigenvalue weighted by Crippen LogP contribution is -2.33. The molecule has 3 heterocycles. The van der Waals surface area contributed by atoms with Crippen LogP contribution >= 0.6 is 0 Å². The quantitative estimate of drug-likeness (QED) is 0.472. The molecule has 31 heavy (non-hydrogen) atoms. The van der Waals surface area contributed by atoms with Gasteiger partial charge in [0.1, 0.15) is 0 Å². The summed E-state index contributed by atoms with van der Waals surface area (Å²) in [5.74, 6) is -0.456. The average molecular weight is 412 g/mol. The van der Waals surface area contributed by atoms with Gasteiger partial charge in [-0.05, 0) is 39.2 Å². The minimum atomic E-state index is -0.228. The van der Waals surface area contributed by atoms with Crippen molar-refractivity contribution in [3.63, 3.8) is 0 Å². The van der Waals surface area contributed by atoms with Crippen LogP contribution in [-0.2, 0) is 9.59 Å². The predicted octanol–water partition coefficient (Wildman–Crippen LogP) is 3.88. The van der Waals surface area contributed by atoms with Crippen LogP contribution in [0.4, 0.5) is 0 Å². The van der Waals surface area contributed by atoms with Crippen molar-refractivity contribution in [3.05, 3.63) is 72.1 Å². The first-order chi connectivity index (χ1) is 15.1. The highest BCUT2D eigenvalue weighted by atomic mass is 16.2. The van der Waals surface area contributed by atoms with Crippen molar-refractivity contribution in [1.29, 1.82) is 0 Å². The van der Waals surface area contributed by atoms with Gasteiger partial charge in [-0.25, -0.2) is 0 Å². The molecule has 0 spiro atoms. The number of imide groups is 1. The van der Waals surface area contributed by atoms with Gasteiger partial charge in [0, 0.05) is 51.9 Å². The number of rotatable bonds is 6. The molecule has 0 fully saturated rings. The second-order valence-electron chi connectivity index (χ2n) is 8.16. The molecule has 156 valence electrons. The molecule has 2 N–H and O–H groups in total. The Bertz CT molecular complexity index is 1250. The standard InChI is InChI=1S/C25H24N4O2/c1-28(2)12-7-13-29-24(30)22(18-14-26-20-10-5-3-8-16(18)20)23(25(29)31)19-15-27-21-11-6-4-9-17(19)21/h3-6,8-11,14-15,26-27H,7,12-13H2,1-2H3. The number of carbonyl (C=O) groups excluding carboxylic acids is 2. The molecule has 0 bridgehead atoms. The van der Waals surface area contributed by atoms with Crippen LogP contribution < -0.4 is 0 Å². The minimum Gasteiger partial charge on any atom is -0.361 e. The van der Waals surface area contributed by atoms with E-state index in [0.29, 0.717) is 17.7 Å². The molecule has 0 unspecified atom stereocenters. The van der Waals surface area contributed by atoms with Gasteiger partial charge in [-0.3, -0.25) is 14.5 Å². The molecule has 2 aromatic carbocycles. The number of aromatic nitrogens is 2. The van der Waals surface area contributed by atoms with Gasteiger partial charge >= 0.3 is 0 Å². The molecule has 4 aromatic rings. The predicted molar refractivity (Wildman–Crippen MR) is 123 cm³/mol. The first kappa shape index (κ1) is 19.3. The number of aromatic amines is 2. The summed E-state index contributed by atoms with van der Waals surface area (Å²) in [5.41, 5.74) is 4.35. The van der Waals surface area contributed by atoms with Gasteiger partial charge in [-0.15, -0.1) is 0 Å². The van der Waals surface area contributed by atoms with Gasteiger partial charge in [-0.2, -0.15) is 0 Å². The maximum atomic E-state index is 13.6. The summed E-state index contributed by atoms with van der Waals surface area (Å²) in [6.45, 7) is 1.20. The molecule has 1 aliphatic rings. The van der Waals surface area contributed by atoms with E-state index in [9.17, 15) is 9.59 Å². The third kappa shape index (κ3) is 3.16. The van der Waals surface area contributed by atoms with Gasteiger partial charge in [-0.1, -0.05) is 36.4 Å². The molecule has 0 radical (unpaired) electrons. The molecule has 2 amide bonds. The molecular formula is C25H24N4O2. The molecule has 1 aliphatic heterocycles. The van der Waals surface area contributed by atoms with E-state index in [1.165, 1.54) is 4.90 Å². The molecule has 0 atom stereocenters. The van der Waals surface area contributed by atoms with E-state index in [2.05, 4.69) is 14.9 Å². The molecule has 6 nitrogen and oxygen atoms in total. The average Bonchev–Trinajstić information content (AvgIpc) is 3.43. The lowest BCUT2D eigenvalue weighted by atomic mass is 9.95. The smallest absolute Gasteiger partial charge is 0.262 e. The number of carbonyl (C=O) groups is 2. The first-order valence-electron chi connectivity index (χ1n) is 10.4. The van der Waals surface area contributed by atoms with Crippen LogP contribution in [0.15, 0.2) is 60.9 Å². The SMILES string of the molecule is CN(C)CCCN1C(=O)C(c2c[nH]c3ccccc23)=C(c2c[nH]c3ccccc23)C1=O. The Balaban J connectivity index is 1.68. The summed E-state index contributed by atoms with van der Waals surface area (Å²) in [6.07, 6.45) is 4.40. The van der Waals surface area contributed by atoms with Crippen molar-refractivity contribution in [1.82, 2.24) is 19.8 Å². The largest absolute Gasteiger partial charge is 0.361 e. The monoisotopic (exact) mass is 412 g/mol. The van der Waals surface area contributed by atoms with Crippen LogP contribution in [0.25, 0.3) is 33.0 Å². The highest BCUT2D eigenvalue weighted by molar-refractivity contribution is 6.50. The van der Waals surface area contributed by atoms with Crippen molar-refractivity contribution in [2.75, 3.05) is 27.2 Å². The number of amides is 2. The van der Waals surface area contributed by atoms with Crippen molar-refractivity contribution >= 4 is 44.8 Å². The topological polar surface area (TPSA) is 72.2 Å². The Kier molecular flexibility index (Phi) is 4.71. The first-order valence-corrected chi connectivity index (χ1v) is 10.4. The van der Waals surface area contributed by atoms with Crippen molar-refractivity contribution < 1.29 is 9.59 Å². The molecule has 2 aromatic heterocycles. The normalized spacial score (nSPS) is 14.7. The van der Waals surface area contributed by atoms with Crippen LogP contribution in [0.2, 0.25) is 0 Å². The molecule has 5 rings (SSSR count). The number of hydrogen-bond acceptors (Lipinski definition) is 3. The van der Waals surface area contributed by atoms with Crippen LogP contribution in [-0.4, -0.2) is 58.8 Å². The zero-order valence-electron chi connectivity index (χ0n) is 17.6. The summed E-state index contributed by atoms with van der Waals surface area (Å²) in [4.78, 5) is 37.1. The summed E-state index contributed by atoms with van der Waals surface area (Å²) >= 11 is 0. The van der Waals surface area contributed by atoms with Gasteiger partial charge in [0.2, 0.25) is 0 Å². The molecular weight excluding hydrogens is 388 g/mol.